The second-order valence-electron chi connectivity index (χ2n) is 3.89. The number of anilines is 1. The van der Waals surface area contributed by atoms with E-state index in [2.05, 4.69) is 15.1 Å². The van der Waals surface area contributed by atoms with Crippen LogP contribution < -0.4 is 4.90 Å². The average molecular weight is 247 g/mol. The van der Waals surface area contributed by atoms with Crippen molar-refractivity contribution in [3.8, 4) is 11.3 Å². The van der Waals surface area contributed by atoms with E-state index in [9.17, 15) is 0 Å². The molecule has 1 aliphatic rings. The Kier molecular flexibility index (Phi) is 3.00. The molecule has 1 fully saturated rings. The van der Waals surface area contributed by atoms with E-state index in [4.69, 9.17) is 4.42 Å². The highest BCUT2D eigenvalue weighted by molar-refractivity contribution is 7.99. The lowest BCUT2D eigenvalue weighted by molar-refractivity contribution is 0.568. The van der Waals surface area contributed by atoms with E-state index in [1.807, 2.05) is 30.0 Å². The highest BCUT2D eigenvalue weighted by Crippen LogP contribution is 2.20. The number of furan rings is 1. The predicted octanol–water partition coefficient (Wildman–Crippen LogP) is 2.29. The van der Waals surface area contributed by atoms with Crippen molar-refractivity contribution in [2.75, 3.05) is 29.5 Å². The molecule has 0 bridgehead atoms. The minimum absolute atomic E-state index is 0.855. The van der Waals surface area contributed by atoms with Crippen LogP contribution in [0.1, 0.15) is 0 Å². The molecule has 0 N–H and O–H groups in total. The minimum atomic E-state index is 0.855. The molecular weight excluding hydrogens is 234 g/mol. The molecule has 88 valence electrons. The summed E-state index contributed by atoms with van der Waals surface area (Å²) in [7, 11) is 0. The van der Waals surface area contributed by atoms with Crippen molar-refractivity contribution in [3.63, 3.8) is 0 Å². The molecule has 0 atom stereocenters. The molecule has 0 amide bonds. The second-order valence-corrected chi connectivity index (χ2v) is 5.11. The van der Waals surface area contributed by atoms with Crippen LogP contribution >= 0.6 is 11.8 Å². The van der Waals surface area contributed by atoms with E-state index in [1.54, 1.807) is 12.5 Å². The zero-order valence-electron chi connectivity index (χ0n) is 9.37. The molecule has 0 saturated carbocycles. The van der Waals surface area contributed by atoms with Gasteiger partial charge in [-0.25, -0.2) is 0 Å². The van der Waals surface area contributed by atoms with Crippen molar-refractivity contribution >= 4 is 17.6 Å². The van der Waals surface area contributed by atoms with Crippen LogP contribution in [0.5, 0.6) is 0 Å². The summed E-state index contributed by atoms with van der Waals surface area (Å²) < 4.78 is 5.03. The molecule has 0 spiro atoms. The van der Waals surface area contributed by atoms with Gasteiger partial charge in [-0.05, 0) is 18.2 Å². The maximum absolute atomic E-state index is 5.03. The molecule has 17 heavy (non-hydrogen) atoms. The molecule has 1 saturated heterocycles. The van der Waals surface area contributed by atoms with Gasteiger partial charge >= 0.3 is 0 Å². The number of rotatable bonds is 2. The Bertz CT molecular complexity index is 463. The monoisotopic (exact) mass is 247 g/mol. The Hall–Kier alpha value is -1.49. The maximum atomic E-state index is 5.03. The van der Waals surface area contributed by atoms with Crippen LogP contribution in [-0.4, -0.2) is 34.8 Å². The van der Waals surface area contributed by atoms with E-state index >= 15 is 0 Å². The van der Waals surface area contributed by atoms with Crippen LogP contribution in [-0.2, 0) is 0 Å². The summed E-state index contributed by atoms with van der Waals surface area (Å²) in [5.41, 5.74) is 1.83. The van der Waals surface area contributed by atoms with Gasteiger partial charge in [0.1, 0.15) is 0 Å². The summed E-state index contributed by atoms with van der Waals surface area (Å²) in [5, 5.41) is 8.52. The summed E-state index contributed by atoms with van der Waals surface area (Å²) in [5.74, 6) is 3.31. The van der Waals surface area contributed by atoms with Crippen molar-refractivity contribution < 1.29 is 4.42 Å². The molecule has 2 aromatic rings. The summed E-state index contributed by atoms with van der Waals surface area (Å²) in [4.78, 5) is 2.28. The van der Waals surface area contributed by atoms with Crippen molar-refractivity contribution in [1.82, 2.24) is 10.2 Å². The number of aromatic nitrogens is 2. The highest BCUT2D eigenvalue weighted by atomic mass is 32.2. The maximum Gasteiger partial charge on any atom is 0.151 e. The van der Waals surface area contributed by atoms with E-state index < -0.39 is 0 Å². The van der Waals surface area contributed by atoms with E-state index in [0.29, 0.717) is 0 Å². The van der Waals surface area contributed by atoms with Gasteiger partial charge < -0.3 is 9.32 Å². The molecule has 1 aliphatic heterocycles. The van der Waals surface area contributed by atoms with Gasteiger partial charge in [0, 0.05) is 30.2 Å². The van der Waals surface area contributed by atoms with Crippen LogP contribution in [0, 0.1) is 0 Å². The molecule has 0 aromatic carbocycles. The summed E-state index contributed by atoms with van der Waals surface area (Å²) >= 11 is 1.99. The number of hydrogen-bond acceptors (Lipinski definition) is 5. The first-order valence-corrected chi connectivity index (χ1v) is 6.78. The summed E-state index contributed by atoms with van der Waals surface area (Å²) in [6.07, 6.45) is 3.33. The molecule has 5 heteroatoms. The van der Waals surface area contributed by atoms with Crippen LogP contribution in [0.25, 0.3) is 11.3 Å². The highest BCUT2D eigenvalue weighted by Gasteiger charge is 2.12. The lowest BCUT2D eigenvalue weighted by Gasteiger charge is -2.26. The topological polar surface area (TPSA) is 42.2 Å². The summed E-state index contributed by atoms with van der Waals surface area (Å²) in [6, 6.07) is 5.92. The van der Waals surface area contributed by atoms with Crippen molar-refractivity contribution in [1.29, 1.82) is 0 Å². The smallest absolute Gasteiger partial charge is 0.151 e. The third kappa shape index (κ3) is 2.29. The van der Waals surface area contributed by atoms with Crippen LogP contribution in [0.3, 0.4) is 0 Å². The Balaban J connectivity index is 1.80. The molecule has 0 unspecified atom stereocenters. The molecule has 3 rings (SSSR count). The third-order valence-corrected chi connectivity index (χ3v) is 3.74. The lowest BCUT2D eigenvalue weighted by atomic mass is 10.2. The normalized spacial score (nSPS) is 16.1. The number of thioether (sulfide) groups is 1. The molecule has 3 heterocycles. The van der Waals surface area contributed by atoms with Crippen molar-refractivity contribution in [2.24, 2.45) is 0 Å². The zero-order valence-corrected chi connectivity index (χ0v) is 10.2. The van der Waals surface area contributed by atoms with E-state index in [-0.39, 0.29) is 0 Å². The number of hydrogen-bond donors (Lipinski definition) is 0. The minimum Gasteiger partial charge on any atom is -0.472 e. The largest absolute Gasteiger partial charge is 0.472 e. The van der Waals surface area contributed by atoms with Gasteiger partial charge in [-0.15, -0.1) is 10.2 Å². The molecular formula is C12H13N3OS. The molecule has 0 aliphatic carbocycles. The first-order chi connectivity index (χ1) is 8.43. The Morgan fingerprint density at radius 3 is 2.65 bits per heavy atom. The quantitative estimate of drug-likeness (QED) is 0.814. The van der Waals surface area contributed by atoms with Crippen molar-refractivity contribution in [3.05, 3.63) is 30.7 Å². The molecule has 2 aromatic heterocycles. The van der Waals surface area contributed by atoms with Crippen LogP contribution in [0.2, 0.25) is 0 Å². The fourth-order valence-corrected chi connectivity index (χ4v) is 2.75. The first kappa shape index (κ1) is 10.7. The van der Waals surface area contributed by atoms with Gasteiger partial charge in [0.15, 0.2) is 5.82 Å². The van der Waals surface area contributed by atoms with Gasteiger partial charge in [-0.3, -0.25) is 0 Å². The van der Waals surface area contributed by atoms with Gasteiger partial charge in [0.05, 0.1) is 18.2 Å². The Labute approximate surface area is 104 Å². The van der Waals surface area contributed by atoms with Gasteiger partial charge in [-0.2, -0.15) is 11.8 Å². The Morgan fingerprint density at radius 2 is 2.00 bits per heavy atom. The van der Waals surface area contributed by atoms with E-state index in [0.717, 1.165) is 30.2 Å². The first-order valence-electron chi connectivity index (χ1n) is 5.62. The molecule has 0 radical (unpaired) electrons. The third-order valence-electron chi connectivity index (χ3n) is 2.80. The van der Waals surface area contributed by atoms with Gasteiger partial charge in [0.25, 0.3) is 0 Å². The van der Waals surface area contributed by atoms with Crippen molar-refractivity contribution in [2.45, 2.75) is 0 Å². The van der Waals surface area contributed by atoms with Gasteiger partial charge in [0.2, 0.25) is 0 Å². The summed E-state index contributed by atoms with van der Waals surface area (Å²) in [6.45, 7) is 2.12. The zero-order chi connectivity index (χ0) is 11.5. The van der Waals surface area contributed by atoms with Crippen LogP contribution in [0.15, 0.2) is 35.1 Å². The fourth-order valence-electron chi connectivity index (χ4n) is 1.85. The standard InChI is InChI=1S/C12H13N3OS/c1-2-12(15-4-7-17-8-5-15)14-13-11(1)10-3-6-16-9-10/h1-3,6,9H,4-5,7-8H2. The SMILES string of the molecule is c1cc(-c2ccc(N3CCSCC3)nn2)co1. The molecule has 4 nitrogen and oxygen atoms in total. The lowest BCUT2D eigenvalue weighted by Crippen LogP contribution is -2.33. The fraction of sp³-hybridized carbons (Fsp3) is 0.333. The van der Waals surface area contributed by atoms with Gasteiger partial charge in [-0.1, -0.05) is 0 Å². The van der Waals surface area contributed by atoms with E-state index in [1.165, 1.54) is 11.5 Å². The average Bonchev–Trinajstić information content (AvgIpc) is 2.94. The number of nitrogens with zero attached hydrogens (tertiary/aromatic N) is 3. The van der Waals surface area contributed by atoms with Crippen LogP contribution in [0.4, 0.5) is 5.82 Å². The Morgan fingerprint density at radius 1 is 1.12 bits per heavy atom. The predicted molar refractivity (Wildman–Crippen MR) is 69.3 cm³/mol. The second kappa shape index (κ2) is 4.79.